The Kier molecular flexibility index (Phi) is 3.71. The molecule has 0 saturated carbocycles. The second-order valence-electron chi connectivity index (χ2n) is 4.80. The van der Waals surface area contributed by atoms with Gasteiger partial charge < -0.3 is 14.4 Å². The van der Waals surface area contributed by atoms with Crippen LogP contribution in [0.1, 0.15) is 15.9 Å². The van der Waals surface area contributed by atoms with Gasteiger partial charge in [-0.15, -0.1) is 0 Å². The molecule has 0 amide bonds. The topological polar surface area (TPSA) is 51.5 Å². The van der Waals surface area contributed by atoms with Gasteiger partial charge in [0.1, 0.15) is 6.73 Å². The van der Waals surface area contributed by atoms with Crippen LogP contribution in [0.5, 0.6) is 0 Å². The zero-order chi connectivity index (χ0) is 14.7. The number of carboxylic acids is 1. The Hall–Kier alpha value is -2.59. The van der Waals surface area contributed by atoms with E-state index in [1.54, 1.807) is 12.1 Å². The third-order valence-corrected chi connectivity index (χ3v) is 3.36. The van der Waals surface area contributed by atoms with Gasteiger partial charge in [0, 0.05) is 11.6 Å². The fraction of sp³-hybridized carbons (Fsp3) is 0.118. The van der Waals surface area contributed by atoms with Gasteiger partial charge in [-0.05, 0) is 17.7 Å². The van der Waals surface area contributed by atoms with Crippen LogP contribution in [0, 0.1) is 0 Å². The van der Waals surface area contributed by atoms with E-state index in [-0.39, 0.29) is 0 Å². The summed E-state index contributed by atoms with van der Waals surface area (Å²) in [6.07, 6.45) is 1.85. The molecule has 0 aliphatic heterocycles. The van der Waals surface area contributed by atoms with Crippen molar-refractivity contribution in [3.8, 4) is 0 Å². The molecule has 4 nitrogen and oxygen atoms in total. The molecule has 1 heterocycles. The summed E-state index contributed by atoms with van der Waals surface area (Å²) < 4.78 is 7.50. The van der Waals surface area contributed by atoms with Gasteiger partial charge in [0.25, 0.3) is 0 Å². The lowest BCUT2D eigenvalue weighted by Crippen LogP contribution is -2.05. The third-order valence-electron chi connectivity index (χ3n) is 3.36. The molecular formula is C17H15NO3. The summed E-state index contributed by atoms with van der Waals surface area (Å²) in [7, 11) is 0. The second-order valence-corrected chi connectivity index (χ2v) is 4.80. The van der Waals surface area contributed by atoms with Gasteiger partial charge in [-0.3, -0.25) is 0 Å². The van der Waals surface area contributed by atoms with Crippen molar-refractivity contribution in [1.82, 2.24) is 4.57 Å². The number of hydrogen-bond acceptors (Lipinski definition) is 2. The van der Waals surface area contributed by atoms with E-state index in [1.165, 1.54) is 0 Å². The first kappa shape index (κ1) is 13.4. The van der Waals surface area contributed by atoms with Crippen LogP contribution in [0.25, 0.3) is 10.9 Å². The second kappa shape index (κ2) is 5.81. The molecule has 0 aliphatic carbocycles. The number of rotatable bonds is 5. The number of aromatic nitrogens is 1. The maximum Gasteiger partial charge on any atom is 0.337 e. The number of ether oxygens (including phenoxy) is 1. The smallest absolute Gasteiger partial charge is 0.337 e. The first-order chi connectivity index (χ1) is 10.3. The molecule has 4 heteroatoms. The zero-order valence-electron chi connectivity index (χ0n) is 11.4. The van der Waals surface area contributed by atoms with Crippen LogP contribution < -0.4 is 0 Å². The van der Waals surface area contributed by atoms with Crippen molar-refractivity contribution < 1.29 is 14.6 Å². The van der Waals surface area contributed by atoms with Crippen LogP contribution in [-0.2, 0) is 18.1 Å². The first-order valence-corrected chi connectivity index (χ1v) is 6.68. The van der Waals surface area contributed by atoms with Gasteiger partial charge in [0.15, 0.2) is 0 Å². The Morgan fingerprint density at radius 2 is 1.86 bits per heavy atom. The number of para-hydroxylation sites is 1. The molecule has 3 rings (SSSR count). The first-order valence-electron chi connectivity index (χ1n) is 6.68. The van der Waals surface area contributed by atoms with E-state index in [9.17, 15) is 9.90 Å². The molecule has 0 aliphatic rings. The van der Waals surface area contributed by atoms with Crippen LogP contribution in [0.2, 0.25) is 0 Å². The minimum atomic E-state index is -0.927. The molecular weight excluding hydrogens is 266 g/mol. The highest BCUT2D eigenvalue weighted by Crippen LogP contribution is 2.20. The molecule has 0 saturated heterocycles. The van der Waals surface area contributed by atoms with E-state index < -0.39 is 5.97 Å². The van der Waals surface area contributed by atoms with E-state index in [4.69, 9.17) is 4.74 Å². The van der Waals surface area contributed by atoms with E-state index in [0.29, 0.717) is 24.4 Å². The summed E-state index contributed by atoms with van der Waals surface area (Å²) in [6.45, 7) is 0.818. The summed E-state index contributed by atoms with van der Waals surface area (Å²) in [4.78, 5) is 11.3. The Morgan fingerprint density at radius 1 is 1.05 bits per heavy atom. The fourth-order valence-electron chi connectivity index (χ4n) is 2.38. The number of hydrogen-bond donors (Lipinski definition) is 1. The van der Waals surface area contributed by atoms with Crippen molar-refractivity contribution in [2.75, 3.05) is 0 Å². The van der Waals surface area contributed by atoms with Crippen LogP contribution in [0.15, 0.2) is 60.8 Å². The normalized spacial score (nSPS) is 10.9. The summed E-state index contributed by atoms with van der Waals surface area (Å²) in [5.41, 5.74) is 2.08. The minimum absolute atomic E-state index is 0.292. The summed E-state index contributed by atoms with van der Waals surface area (Å²) in [5.74, 6) is -0.927. The number of aromatic carboxylic acids is 1. The molecule has 0 bridgehead atoms. The lowest BCUT2D eigenvalue weighted by molar-refractivity contribution is 0.0655. The maximum absolute atomic E-state index is 11.3. The van der Waals surface area contributed by atoms with Crippen molar-refractivity contribution in [2.24, 2.45) is 0 Å². The van der Waals surface area contributed by atoms with Gasteiger partial charge in [0.05, 0.1) is 17.7 Å². The SMILES string of the molecule is O=C(O)c1cccc2ccn(COCc3ccccc3)c12. The number of fused-ring (bicyclic) bond motifs is 1. The number of carboxylic acid groups (broad SMARTS) is 1. The standard InChI is InChI=1S/C17H15NO3/c19-17(20)15-8-4-7-14-9-10-18(16(14)15)12-21-11-13-5-2-1-3-6-13/h1-10H,11-12H2,(H,19,20). The van der Waals surface area contributed by atoms with Crippen molar-refractivity contribution in [2.45, 2.75) is 13.3 Å². The Morgan fingerprint density at radius 3 is 2.62 bits per heavy atom. The predicted octanol–water partition coefficient (Wildman–Crippen LogP) is 3.51. The van der Waals surface area contributed by atoms with Gasteiger partial charge in [-0.2, -0.15) is 0 Å². The van der Waals surface area contributed by atoms with Crippen molar-refractivity contribution in [1.29, 1.82) is 0 Å². The zero-order valence-corrected chi connectivity index (χ0v) is 11.4. The molecule has 3 aromatic rings. The quantitative estimate of drug-likeness (QED) is 0.778. The highest BCUT2D eigenvalue weighted by molar-refractivity contribution is 6.02. The lowest BCUT2D eigenvalue weighted by atomic mass is 10.1. The molecule has 0 fully saturated rings. The number of nitrogens with zero attached hydrogens (tertiary/aromatic N) is 1. The van der Waals surface area contributed by atoms with Crippen LogP contribution >= 0.6 is 0 Å². The summed E-state index contributed by atoms with van der Waals surface area (Å²) >= 11 is 0. The molecule has 0 radical (unpaired) electrons. The molecule has 106 valence electrons. The Bertz CT molecular complexity index is 762. The lowest BCUT2D eigenvalue weighted by Gasteiger charge is -2.09. The molecule has 1 aromatic heterocycles. The third kappa shape index (κ3) is 2.80. The van der Waals surface area contributed by atoms with Crippen molar-refractivity contribution in [3.63, 3.8) is 0 Å². The van der Waals surface area contributed by atoms with Gasteiger partial charge in [0.2, 0.25) is 0 Å². The van der Waals surface area contributed by atoms with E-state index in [1.807, 2.05) is 53.2 Å². The highest BCUT2D eigenvalue weighted by Gasteiger charge is 2.11. The molecule has 0 spiro atoms. The number of carbonyl (C=O) groups is 1. The number of benzene rings is 2. The van der Waals surface area contributed by atoms with Gasteiger partial charge in [-0.1, -0.05) is 42.5 Å². The van der Waals surface area contributed by atoms with E-state index >= 15 is 0 Å². The van der Waals surface area contributed by atoms with E-state index in [0.717, 1.165) is 10.9 Å². The van der Waals surface area contributed by atoms with Crippen molar-refractivity contribution in [3.05, 3.63) is 71.9 Å². The summed E-state index contributed by atoms with van der Waals surface area (Å²) in [5, 5.41) is 10.2. The van der Waals surface area contributed by atoms with E-state index in [2.05, 4.69) is 0 Å². The molecule has 21 heavy (non-hydrogen) atoms. The van der Waals surface area contributed by atoms with Crippen LogP contribution in [0.3, 0.4) is 0 Å². The largest absolute Gasteiger partial charge is 0.478 e. The molecule has 0 atom stereocenters. The maximum atomic E-state index is 11.3. The summed E-state index contributed by atoms with van der Waals surface area (Å²) in [6, 6.07) is 17.0. The Balaban J connectivity index is 1.80. The van der Waals surface area contributed by atoms with Gasteiger partial charge in [-0.25, -0.2) is 4.79 Å². The van der Waals surface area contributed by atoms with Crippen molar-refractivity contribution >= 4 is 16.9 Å². The average Bonchev–Trinajstić information content (AvgIpc) is 2.91. The fourth-order valence-corrected chi connectivity index (χ4v) is 2.38. The van der Waals surface area contributed by atoms with Crippen LogP contribution in [0.4, 0.5) is 0 Å². The molecule has 2 aromatic carbocycles. The monoisotopic (exact) mass is 281 g/mol. The molecule has 1 N–H and O–H groups in total. The predicted molar refractivity (Wildman–Crippen MR) is 80.1 cm³/mol. The molecule has 0 unspecified atom stereocenters. The Labute approximate surface area is 122 Å². The highest BCUT2D eigenvalue weighted by atomic mass is 16.5. The average molecular weight is 281 g/mol. The van der Waals surface area contributed by atoms with Crippen LogP contribution in [-0.4, -0.2) is 15.6 Å². The minimum Gasteiger partial charge on any atom is -0.478 e. The van der Waals surface area contributed by atoms with Gasteiger partial charge >= 0.3 is 5.97 Å².